The predicted molar refractivity (Wildman–Crippen MR) is 147 cm³/mol. The van der Waals surface area contributed by atoms with Crippen molar-refractivity contribution in [1.82, 2.24) is 20.6 Å². The van der Waals surface area contributed by atoms with Gasteiger partial charge in [0.15, 0.2) is 5.78 Å². The van der Waals surface area contributed by atoms with E-state index in [1.54, 1.807) is 25.3 Å². The van der Waals surface area contributed by atoms with Crippen molar-refractivity contribution < 1.29 is 18.6 Å². The minimum Gasteiger partial charge on any atom is -0.364 e. The number of pyridine rings is 1. The maximum Gasteiger partial charge on any atom is 0.257 e. The molecule has 5 rings (SSSR count). The van der Waals surface area contributed by atoms with Crippen LogP contribution in [0.25, 0.3) is 11.3 Å². The summed E-state index contributed by atoms with van der Waals surface area (Å²) in [5.74, 6) is 0.406. The summed E-state index contributed by atoms with van der Waals surface area (Å²) in [7, 11) is 0. The van der Waals surface area contributed by atoms with Crippen molar-refractivity contribution in [2.24, 2.45) is 5.92 Å². The topological polar surface area (TPSA) is 123 Å². The molecule has 202 valence electrons. The molecule has 1 aromatic carbocycles. The summed E-state index contributed by atoms with van der Waals surface area (Å²) >= 11 is 0. The van der Waals surface area contributed by atoms with Gasteiger partial charge in [-0.3, -0.25) is 14.6 Å². The van der Waals surface area contributed by atoms with Gasteiger partial charge in [-0.1, -0.05) is 36.0 Å². The number of hydrogen-bond donors (Lipinski definition) is 2. The van der Waals surface area contributed by atoms with Crippen LogP contribution < -0.4 is 10.6 Å². The van der Waals surface area contributed by atoms with Crippen molar-refractivity contribution in [3.63, 3.8) is 0 Å². The van der Waals surface area contributed by atoms with Gasteiger partial charge in [0.1, 0.15) is 17.6 Å². The Balaban J connectivity index is 1.30. The second kappa shape index (κ2) is 11.6. The number of rotatable bonds is 8. The third-order valence-electron chi connectivity index (χ3n) is 7.45. The van der Waals surface area contributed by atoms with E-state index in [-0.39, 0.29) is 17.6 Å². The average molecular weight is 528 g/mol. The molecule has 1 fully saturated rings. The van der Waals surface area contributed by atoms with Crippen LogP contribution in [-0.2, 0) is 0 Å². The van der Waals surface area contributed by atoms with Gasteiger partial charge in [0.05, 0.1) is 40.6 Å². The Morgan fingerprint density at radius 1 is 0.897 bits per heavy atom. The first-order chi connectivity index (χ1) is 18.9. The third kappa shape index (κ3) is 5.92. The number of aromatic nitrogens is 3. The number of ketones is 1. The summed E-state index contributed by atoms with van der Waals surface area (Å²) in [6.45, 7) is 5.48. The highest BCUT2D eigenvalue weighted by Crippen LogP contribution is 2.29. The molecule has 0 saturated heterocycles. The highest BCUT2D eigenvalue weighted by Gasteiger charge is 2.32. The second-order valence-electron chi connectivity index (χ2n) is 10.2. The zero-order valence-corrected chi connectivity index (χ0v) is 22.5. The quantitative estimate of drug-likeness (QED) is 0.201. The van der Waals surface area contributed by atoms with E-state index in [0.717, 1.165) is 72.6 Å². The Labute approximate surface area is 227 Å². The first-order valence-electron chi connectivity index (χ1n) is 13.4. The van der Waals surface area contributed by atoms with Gasteiger partial charge in [-0.2, -0.15) is 0 Å². The normalized spacial score (nSPS) is 14.9. The summed E-state index contributed by atoms with van der Waals surface area (Å²) in [4.78, 5) is 31.3. The Morgan fingerprint density at radius 2 is 1.62 bits per heavy atom. The molecule has 1 saturated carbocycles. The van der Waals surface area contributed by atoms with Crippen LogP contribution >= 0.6 is 0 Å². The van der Waals surface area contributed by atoms with Crippen LogP contribution in [0.2, 0.25) is 0 Å². The lowest BCUT2D eigenvalue weighted by molar-refractivity contribution is 0.0813. The van der Waals surface area contributed by atoms with Crippen molar-refractivity contribution >= 4 is 23.1 Å². The second-order valence-corrected chi connectivity index (χ2v) is 10.2. The van der Waals surface area contributed by atoms with E-state index in [0.29, 0.717) is 16.8 Å². The molecule has 0 bridgehead atoms. The number of nitrogens with zero attached hydrogens (tertiary/aromatic N) is 3. The van der Waals surface area contributed by atoms with Gasteiger partial charge in [-0.05, 0) is 75.9 Å². The largest absolute Gasteiger partial charge is 0.364 e. The van der Waals surface area contributed by atoms with E-state index < -0.39 is 6.04 Å². The van der Waals surface area contributed by atoms with Crippen molar-refractivity contribution in [2.75, 3.05) is 5.32 Å². The molecule has 0 radical (unpaired) electrons. The SMILES string of the molecule is Cc1nocc1C(=O)N[C@H](C(=O)c1ccc(Nc2ccc(-c3c(C)noc3C)nc2)cc1)C1CCCCCC1. The number of benzene rings is 1. The number of amides is 1. The van der Waals surface area contributed by atoms with Crippen LogP contribution in [0.1, 0.15) is 76.4 Å². The van der Waals surface area contributed by atoms with E-state index in [1.807, 2.05) is 38.1 Å². The van der Waals surface area contributed by atoms with Crippen LogP contribution in [-0.4, -0.2) is 33.0 Å². The van der Waals surface area contributed by atoms with Gasteiger partial charge >= 0.3 is 0 Å². The van der Waals surface area contributed by atoms with Crippen molar-refractivity contribution in [1.29, 1.82) is 0 Å². The molecule has 9 heteroatoms. The van der Waals surface area contributed by atoms with Crippen molar-refractivity contribution in [3.05, 3.63) is 77.1 Å². The molecule has 2 N–H and O–H groups in total. The third-order valence-corrected chi connectivity index (χ3v) is 7.45. The predicted octanol–water partition coefficient (Wildman–Crippen LogP) is 6.35. The van der Waals surface area contributed by atoms with Gasteiger partial charge in [0, 0.05) is 11.3 Å². The van der Waals surface area contributed by atoms with Crippen LogP contribution in [0.3, 0.4) is 0 Å². The smallest absolute Gasteiger partial charge is 0.257 e. The Morgan fingerprint density at radius 3 is 2.21 bits per heavy atom. The molecule has 9 nitrogen and oxygen atoms in total. The van der Waals surface area contributed by atoms with Crippen molar-refractivity contribution in [2.45, 2.75) is 65.3 Å². The van der Waals surface area contributed by atoms with Crippen LogP contribution in [0.4, 0.5) is 11.4 Å². The van der Waals surface area contributed by atoms with Gasteiger partial charge in [-0.15, -0.1) is 0 Å². The van der Waals surface area contributed by atoms with E-state index >= 15 is 0 Å². The number of carbonyl (C=O) groups excluding carboxylic acids is 2. The average Bonchev–Trinajstić information content (AvgIpc) is 3.40. The van der Waals surface area contributed by atoms with Gasteiger partial charge in [0.2, 0.25) is 0 Å². The number of anilines is 2. The number of aryl methyl sites for hydroxylation is 3. The fourth-order valence-electron chi connectivity index (χ4n) is 5.30. The highest BCUT2D eigenvalue weighted by molar-refractivity contribution is 6.04. The minimum absolute atomic E-state index is 0.0820. The first-order valence-corrected chi connectivity index (χ1v) is 13.4. The highest BCUT2D eigenvalue weighted by atomic mass is 16.5. The summed E-state index contributed by atoms with van der Waals surface area (Å²) in [5, 5.41) is 14.1. The zero-order valence-electron chi connectivity index (χ0n) is 22.5. The zero-order chi connectivity index (χ0) is 27.4. The molecular weight excluding hydrogens is 494 g/mol. The Bertz CT molecular complexity index is 1410. The van der Waals surface area contributed by atoms with Crippen LogP contribution in [0.5, 0.6) is 0 Å². The molecule has 0 unspecified atom stereocenters. The van der Waals surface area contributed by atoms with Crippen LogP contribution in [0.15, 0.2) is 57.9 Å². The maximum atomic E-state index is 13.7. The molecule has 39 heavy (non-hydrogen) atoms. The molecule has 1 aliphatic carbocycles. The molecule has 4 aromatic rings. The fourth-order valence-corrected chi connectivity index (χ4v) is 5.30. The van der Waals surface area contributed by atoms with E-state index in [4.69, 9.17) is 9.05 Å². The minimum atomic E-state index is -0.607. The Kier molecular flexibility index (Phi) is 7.86. The van der Waals surface area contributed by atoms with E-state index in [9.17, 15) is 9.59 Å². The number of hydrogen-bond acceptors (Lipinski definition) is 8. The lowest BCUT2D eigenvalue weighted by Crippen LogP contribution is -2.46. The fraction of sp³-hybridized carbons (Fsp3) is 0.367. The molecule has 3 heterocycles. The number of nitrogens with one attached hydrogen (secondary N) is 2. The van der Waals surface area contributed by atoms with Gasteiger partial charge in [0.25, 0.3) is 5.91 Å². The molecule has 1 amide bonds. The molecular formula is C30H33N5O4. The monoisotopic (exact) mass is 527 g/mol. The first kappa shape index (κ1) is 26.3. The lowest BCUT2D eigenvalue weighted by Gasteiger charge is -2.26. The molecule has 1 aliphatic rings. The van der Waals surface area contributed by atoms with E-state index in [2.05, 4.69) is 25.9 Å². The standard InChI is InChI=1S/C30H33N5O4/c1-18-25(17-38-34-18)30(37)33-28(21-8-6-4-5-7-9-21)29(36)22-10-12-23(13-11-22)32-24-14-15-26(31-16-24)27-19(2)35-39-20(27)3/h10-17,21,28,32H,4-9H2,1-3H3,(H,33,37)/t28-/m0/s1. The van der Waals surface area contributed by atoms with Gasteiger partial charge in [-0.25, -0.2) is 0 Å². The summed E-state index contributed by atoms with van der Waals surface area (Å²) in [5.41, 5.74) is 5.56. The molecule has 0 spiro atoms. The van der Waals surface area contributed by atoms with Crippen molar-refractivity contribution in [3.8, 4) is 11.3 Å². The Hall–Kier alpha value is -4.27. The molecule has 3 aromatic heterocycles. The summed E-state index contributed by atoms with van der Waals surface area (Å²) in [6, 6.07) is 10.6. The van der Waals surface area contributed by atoms with Gasteiger partial charge < -0.3 is 19.7 Å². The van der Waals surface area contributed by atoms with Crippen LogP contribution in [0, 0.1) is 26.7 Å². The molecule has 1 atom stereocenters. The lowest BCUT2D eigenvalue weighted by atomic mass is 9.86. The summed E-state index contributed by atoms with van der Waals surface area (Å²) < 4.78 is 10.2. The summed E-state index contributed by atoms with van der Waals surface area (Å²) in [6.07, 6.45) is 9.34. The number of carbonyl (C=O) groups is 2. The maximum absolute atomic E-state index is 13.7. The molecule has 0 aliphatic heterocycles. The van der Waals surface area contributed by atoms with E-state index in [1.165, 1.54) is 6.26 Å². The number of Topliss-reactive ketones (excluding diaryl/α,β-unsaturated/α-hetero) is 1.